The number of hydrogen-bond acceptors (Lipinski definition) is 4. The zero-order chi connectivity index (χ0) is 19.7. The zero-order valence-electron chi connectivity index (χ0n) is 15.1. The van der Waals surface area contributed by atoms with Gasteiger partial charge in [0.25, 0.3) is 0 Å². The third-order valence-corrected chi connectivity index (χ3v) is 6.05. The van der Waals surface area contributed by atoms with E-state index in [2.05, 4.69) is 0 Å². The van der Waals surface area contributed by atoms with Crippen LogP contribution in [0.4, 0.5) is 10.1 Å². The molecule has 0 bridgehead atoms. The Morgan fingerprint density at radius 1 is 1.41 bits per heavy atom. The third-order valence-electron chi connectivity index (χ3n) is 5.69. The quantitative estimate of drug-likeness (QED) is 0.836. The van der Waals surface area contributed by atoms with Crippen LogP contribution in [0.5, 0.6) is 0 Å². The van der Waals surface area contributed by atoms with E-state index in [9.17, 15) is 14.7 Å². The number of fused-ring (bicyclic) bond motifs is 1. The summed E-state index contributed by atoms with van der Waals surface area (Å²) in [5.74, 6) is -1.97. The van der Waals surface area contributed by atoms with E-state index in [0.29, 0.717) is 18.6 Å². The van der Waals surface area contributed by atoms with Gasteiger partial charge in [0.1, 0.15) is 11.4 Å². The number of halogens is 2. The van der Waals surface area contributed by atoms with Gasteiger partial charge >= 0.3 is 5.97 Å². The number of carbonyl (C=O) groups is 1. The van der Waals surface area contributed by atoms with E-state index in [1.54, 1.807) is 4.57 Å². The maximum absolute atomic E-state index is 15.0. The van der Waals surface area contributed by atoms with E-state index < -0.39 is 17.2 Å². The van der Waals surface area contributed by atoms with Crippen LogP contribution >= 0.6 is 11.6 Å². The summed E-state index contributed by atoms with van der Waals surface area (Å²) in [4.78, 5) is 25.9. The molecule has 1 saturated carbocycles. The fourth-order valence-corrected chi connectivity index (χ4v) is 4.25. The van der Waals surface area contributed by atoms with Crippen molar-refractivity contribution in [3.63, 3.8) is 0 Å². The molecule has 1 aromatic carbocycles. The van der Waals surface area contributed by atoms with Crippen LogP contribution in [0.15, 0.2) is 17.1 Å². The number of hydrogen-bond donors (Lipinski definition) is 2. The van der Waals surface area contributed by atoms with Gasteiger partial charge in [-0.3, -0.25) is 4.79 Å². The van der Waals surface area contributed by atoms with Crippen molar-refractivity contribution in [1.29, 1.82) is 0 Å². The summed E-state index contributed by atoms with van der Waals surface area (Å²) in [5, 5.41) is 9.47. The Bertz CT molecular complexity index is 1030. The number of nitrogens with zero attached hydrogens (tertiary/aromatic N) is 2. The largest absolute Gasteiger partial charge is 0.477 e. The molecule has 1 saturated heterocycles. The molecule has 1 aliphatic heterocycles. The van der Waals surface area contributed by atoms with Crippen LogP contribution in [0.1, 0.15) is 43.1 Å². The summed E-state index contributed by atoms with van der Waals surface area (Å²) in [6.07, 6.45) is 3.06. The Kier molecular flexibility index (Phi) is 4.01. The minimum atomic E-state index is -1.33. The summed E-state index contributed by atoms with van der Waals surface area (Å²) >= 11 is 6.62. The number of anilines is 1. The van der Waals surface area contributed by atoms with Crippen LogP contribution in [0.3, 0.4) is 0 Å². The molecule has 1 aliphatic carbocycles. The van der Waals surface area contributed by atoms with E-state index >= 15 is 4.39 Å². The second-order valence-electron chi connectivity index (χ2n) is 8.21. The highest BCUT2D eigenvalue weighted by Gasteiger charge is 2.39. The molecule has 0 radical (unpaired) electrons. The lowest BCUT2D eigenvalue weighted by Gasteiger charge is -2.25. The zero-order valence-corrected chi connectivity index (χ0v) is 15.9. The molecule has 2 aliphatic rings. The first-order valence-electron chi connectivity index (χ1n) is 8.92. The average Bonchev–Trinajstić information content (AvgIpc) is 3.35. The van der Waals surface area contributed by atoms with Crippen molar-refractivity contribution >= 4 is 34.2 Å². The molecular weight excluding hydrogens is 373 g/mol. The lowest BCUT2D eigenvalue weighted by molar-refractivity contribution is 0.0695. The van der Waals surface area contributed by atoms with Crippen molar-refractivity contribution in [3.8, 4) is 0 Å². The number of nitrogens with two attached hydrogens (primary N) is 1. The Morgan fingerprint density at radius 2 is 2.07 bits per heavy atom. The maximum Gasteiger partial charge on any atom is 0.341 e. The first kappa shape index (κ1) is 18.3. The topological polar surface area (TPSA) is 88.6 Å². The second-order valence-corrected chi connectivity index (χ2v) is 8.59. The summed E-state index contributed by atoms with van der Waals surface area (Å²) in [6.45, 7) is 5.03. The van der Waals surface area contributed by atoms with Crippen LogP contribution in [-0.4, -0.2) is 34.8 Å². The van der Waals surface area contributed by atoms with E-state index in [4.69, 9.17) is 17.3 Å². The number of aromatic nitrogens is 1. The molecule has 8 heteroatoms. The van der Waals surface area contributed by atoms with Gasteiger partial charge in [0, 0.05) is 31.4 Å². The van der Waals surface area contributed by atoms with Crippen molar-refractivity contribution in [1.82, 2.24) is 4.57 Å². The highest BCUT2D eigenvalue weighted by atomic mass is 35.5. The normalized spacial score (nSPS) is 21.8. The number of rotatable bonds is 3. The Morgan fingerprint density at radius 3 is 2.59 bits per heavy atom. The molecule has 27 heavy (non-hydrogen) atoms. The van der Waals surface area contributed by atoms with Gasteiger partial charge in [-0.15, -0.1) is 0 Å². The molecule has 0 amide bonds. The third kappa shape index (κ3) is 2.80. The Hall–Kier alpha value is -2.12. The number of carboxylic acid groups (broad SMARTS) is 1. The van der Waals surface area contributed by atoms with E-state index in [0.717, 1.165) is 18.9 Å². The number of carboxylic acids is 1. The van der Waals surface area contributed by atoms with Crippen LogP contribution in [0, 0.1) is 11.2 Å². The summed E-state index contributed by atoms with van der Waals surface area (Å²) < 4.78 is 16.7. The molecule has 2 heterocycles. The number of pyridine rings is 1. The van der Waals surface area contributed by atoms with Crippen LogP contribution in [0.2, 0.25) is 5.02 Å². The van der Waals surface area contributed by atoms with Crippen molar-refractivity contribution in [3.05, 3.63) is 38.9 Å². The summed E-state index contributed by atoms with van der Waals surface area (Å²) in [6, 6.07) is 1.05. The van der Waals surface area contributed by atoms with Crippen LogP contribution in [0.25, 0.3) is 10.9 Å². The molecule has 2 aromatic rings. The highest BCUT2D eigenvalue weighted by Crippen LogP contribution is 2.43. The summed E-state index contributed by atoms with van der Waals surface area (Å²) in [5.41, 5.74) is 5.51. The molecule has 2 fully saturated rings. The van der Waals surface area contributed by atoms with Gasteiger partial charge in [0.05, 0.1) is 21.6 Å². The molecule has 1 atom stereocenters. The van der Waals surface area contributed by atoms with Crippen molar-refractivity contribution in [2.24, 2.45) is 11.1 Å². The lowest BCUT2D eigenvalue weighted by Crippen LogP contribution is -2.35. The molecule has 0 unspecified atom stereocenters. The maximum atomic E-state index is 15.0. The van der Waals surface area contributed by atoms with Crippen molar-refractivity contribution < 1.29 is 14.3 Å². The molecule has 144 valence electrons. The minimum Gasteiger partial charge on any atom is -0.477 e. The van der Waals surface area contributed by atoms with Crippen molar-refractivity contribution in [2.75, 3.05) is 18.0 Å². The standard InChI is InChI=1S/C19H21ClFN3O3/c1-19(2)8-23(7-13(19)22)16-12(21)5-10-15(14(16)20)24(9-3-4-9)6-11(17(10)25)18(26)27/h5-6,9,13H,3-4,7-8,22H2,1-2H3,(H,26,27)/t13-/m1/s1. The molecule has 0 spiro atoms. The number of benzene rings is 1. The first-order chi connectivity index (χ1) is 12.6. The fraction of sp³-hybridized carbons (Fsp3) is 0.474. The van der Waals surface area contributed by atoms with E-state index in [1.807, 2.05) is 18.7 Å². The minimum absolute atomic E-state index is 0.00388. The monoisotopic (exact) mass is 393 g/mol. The smallest absolute Gasteiger partial charge is 0.341 e. The Labute approximate surface area is 160 Å². The van der Waals surface area contributed by atoms with E-state index in [1.165, 1.54) is 6.20 Å². The van der Waals surface area contributed by atoms with Gasteiger partial charge in [-0.05, 0) is 24.3 Å². The first-order valence-corrected chi connectivity index (χ1v) is 9.30. The second kappa shape index (κ2) is 5.94. The molecule has 1 aromatic heterocycles. The Balaban J connectivity index is 1.99. The van der Waals surface area contributed by atoms with E-state index in [-0.39, 0.29) is 39.2 Å². The highest BCUT2D eigenvalue weighted by molar-refractivity contribution is 6.38. The average molecular weight is 394 g/mol. The predicted molar refractivity (Wildman–Crippen MR) is 102 cm³/mol. The summed E-state index contributed by atoms with van der Waals surface area (Å²) in [7, 11) is 0. The van der Waals surface area contributed by atoms with Crippen LogP contribution < -0.4 is 16.1 Å². The van der Waals surface area contributed by atoms with Gasteiger partial charge in [-0.25, -0.2) is 9.18 Å². The fourth-order valence-electron chi connectivity index (χ4n) is 3.84. The van der Waals surface area contributed by atoms with Gasteiger partial charge in [0.2, 0.25) is 5.43 Å². The van der Waals surface area contributed by atoms with Gasteiger partial charge < -0.3 is 20.3 Å². The van der Waals surface area contributed by atoms with Gasteiger partial charge in [-0.1, -0.05) is 25.4 Å². The molecule has 3 N–H and O–H groups in total. The molecular formula is C19H21ClFN3O3. The SMILES string of the molecule is CC1(C)CN(c2c(F)cc3c(=O)c(C(=O)O)cn(C4CC4)c3c2Cl)C[C@H]1N. The van der Waals surface area contributed by atoms with Gasteiger partial charge in [0.15, 0.2) is 0 Å². The van der Waals surface area contributed by atoms with Gasteiger partial charge in [-0.2, -0.15) is 0 Å². The van der Waals surface area contributed by atoms with Crippen molar-refractivity contribution in [2.45, 2.75) is 38.8 Å². The molecule has 6 nitrogen and oxygen atoms in total. The predicted octanol–water partition coefficient (Wildman–Crippen LogP) is 3.00. The number of aromatic carboxylic acids is 1. The molecule has 4 rings (SSSR count). The van der Waals surface area contributed by atoms with Crippen LogP contribution in [-0.2, 0) is 0 Å². The lowest BCUT2D eigenvalue weighted by atomic mass is 9.89.